The second-order valence-corrected chi connectivity index (χ2v) is 7.32. The fourth-order valence-corrected chi connectivity index (χ4v) is 2.45. The maximum Gasteiger partial charge on any atom is 0.411 e. The highest BCUT2D eigenvalue weighted by Crippen LogP contribution is 2.21. The van der Waals surface area contributed by atoms with Gasteiger partial charge in [0.05, 0.1) is 12.7 Å². The first-order valence-corrected chi connectivity index (χ1v) is 8.75. The first kappa shape index (κ1) is 23.2. The molecule has 1 aromatic rings. The maximum absolute atomic E-state index is 12.2. The van der Waals surface area contributed by atoms with Gasteiger partial charge >= 0.3 is 6.18 Å². The van der Waals surface area contributed by atoms with Crippen LogP contribution >= 0.6 is 0 Å². The van der Waals surface area contributed by atoms with Gasteiger partial charge in [-0.2, -0.15) is 13.2 Å². The van der Waals surface area contributed by atoms with E-state index in [0.29, 0.717) is 24.6 Å². The molecule has 0 fully saturated rings. The Bertz CT molecular complexity index is 599. The number of alkyl halides is 3. The van der Waals surface area contributed by atoms with Gasteiger partial charge in [0.15, 0.2) is 5.96 Å². The summed E-state index contributed by atoms with van der Waals surface area (Å²) in [5.41, 5.74) is 1.60. The minimum atomic E-state index is -4.32. The zero-order chi connectivity index (χ0) is 20.5. The summed E-state index contributed by atoms with van der Waals surface area (Å²) in [5.74, 6) is 0.625. The van der Waals surface area contributed by atoms with Crippen LogP contribution < -0.4 is 10.6 Å². The SMILES string of the molecule is CN=C(NCc1cccc(COCC(F)(F)F)c1)NCC(OC)C(C)(C)C. The van der Waals surface area contributed by atoms with Gasteiger partial charge in [0.25, 0.3) is 0 Å². The van der Waals surface area contributed by atoms with Gasteiger partial charge in [-0.3, -0.25) is 4.99 Å². The van der Waals surface area contributed by atoms with Crippen molar-refractivity contribution in [1.29, 1.82) is 0 Å². The molecule has 1 aromatic carbocycles. The third-order valence-corrected chi connectivity index (χ3v) is 3.91. The molecule has 0 saturated carbocycles. The molecule has 0 aliphatic rings. The van der Waals surface area contributed by atoms with Crippen molar-refractivity contribution in [3.8, 4) is 0 Å². The highest BCUT2D eigenvalue weighted by Gasteiger charge is 2.27. The normalized spacial score (nSPS) is 14.1. The van der Waals surface area contributed by atoms with E-state index in [1.165, 1.54) is 0 Å². The zero-order valence-electron chi connectivity index (χ0n) is 16.6. The van der Waals surface area contributed by atoms with Crippen LogP contribution in [0.4, 0.5) is 13.2 Å². The summed E-state index contributed by atoms with van der Waals surface area (Å²) in [4.78, 5) is 4.18. The second kappa shape index (κ2) is 10.5. The summed E-state index contributed by atoms with van der Waals surface area (Å²) in [6.45, 7) is 6.06. The maximum atomic E-state index is 12.2. The molecule has 2 N–H and O–H groups in total. The summed E-state index contributed by atoms with van der Waals surface area (Å²) in [5, 5.41) is 6.41. The van der Waals surface area contributed by atoms with E-state index in [-0.39, 0.29) is 18.1 Å². The average molecular weight is 389 g/mol. The number of guanidine groups is 1. The monoisotopic (exact) mass is 389 g/mol. The van der Waals surface area contributed by atoms with E-state index in [2.05, 4.69) is 36.4 Å². The molecule has 1 rings (SSSR count). The molecular formula is C19H30F3N3O2. The Morgan fingerprint density at radius 1 is 1.15 bits per heavy atom. The van der Waals surface area contributed by atoms with Gasteiger partial charge in [0, 0.05) is 27.2 Å². The van der Waals surface area contributed by atoms with Gasteiger partial charge in [-0.1, -0.05) is 45.0 Å². The zero-order valence-corrected chi connectivity index (χ0v) is 16.6. The smallest absolute Gasteiger partial charge is 0.379 e. The van der Waals surface area contributed by atoms with Gasteiger partial charge in [-0.05, 0) is 16.5 Å². The lowest BCUT2D eigenvalue weighted by molar-refractivity contribution is -0.176. The standard InChI is InChI=1S/C19H30F3N3O2/c1-18(2,3)16(26-5)11-25-17(23-4)24-10-14-7-6-8-15(9-14)12-27-13-19(20,21)22/h6-9,16H,10-13H2,1-5H3,(H2,23,24,25). The predicted octanol–water partition coefficient (Wildman–Crippen LogP) is 3.49. The van der Waals surface area contributed by atoms with Crippen molar-refractivity contribution in [2.24, 2.45) is 10.4 Å². The predicted molar refractivity (Wildman–Crippen MR) is 101 cm³/mol. The first-order chi connectivity index (χ1) is 12.5. The van der Waals surface area contributed by atoms with Crippen molar-refractivity contribution < 1.29 is 22.6 Å². The van der Waals surface area contributed by atoms with E-state index < -0.39 is 12.8 Å². The van der Waals surface area contributed by atoms with Gasteiger partial charge in [-0.25, -0.2) is 0 Å². The molecule has 5 nitrogen and oxygen atoms in total. The lowest BCUT2D eigenvalue weighted by Gasteiger charge is -2.30. The number of methoxy groups -OCH3 is 1. The third-order valence-electron chi connectivity index (χ3n) is 3.91. The van der Waals surface area contributed by atoms with E-state index >= 15 is 0 Å². The molecule has 8 heteroatoms. The fraction of sp³-hybridized carbons (Fsp3) is 0.632. The van der Waals surface area contributed by atoms with Crippen LogP contribution in [0.2, 0.25) is 0 Å². The topological polar surface area (TPSA) is 54.9 Å². The quantitative estimate of drug-likeness (QED) is 0.528. The molecule has 154 valence electrons. The molecule has 1 atom stereocenters. The first-order valence-electron chi connectivity index (χ1n) is 8.75. The highest BCUT2D eigenvalue weighted by molar-refractivity contribution is 5.79. The summed E-state index contributed by atoms with van der Waals surface area (Å²) in [7, 11) is 3.36. The number of ether oxygens (including phenoxy) is 2. The number of halogens is 3. The number of aliphatic imine (C=N–C) groups is 1. The molecule has 0 heterocycles. The van der Waals surface area contributed by atoms with E-state index in [1.807, 2.05) is 12.1 Å². The molecule has 1 unspecified atom stereocenters. The van der Waals surface area contributed by atoms with E-state index in [0.717, 1.165) is 5.56 Å². The van der Waals surface area contributed by atoms with Crippen molar-refractivity contribution in [3.63, 3.8) is 0 Å². The van der Waals surface area contributed by atoms with Crippen molar-refractivity contribution in [2.75, 3.05) is 27.3 Å². The van der Waals surface area contributed by atoms with Crippen molar-refractivity contribution in [2.45, 2.75) is 46.2 Å². The molecule has 0 aliphatic carbocycles. The van der Waals surface area contributed by atoms with E-state index in [4.69, 9.17) is 9.47 Å². The number of hydrogen-bond donors (Lipinski definition) is 2. The van der Waals surface area contributed by atoms with Crippen LogP contribution in [0.1, 0.15) is 31.9 Å². The van der Waals surface area contributed by atoms with Crippen molar-refractivity contribution in [1.82, 2.24) is 10.6 Å². The van der Waals surface area contributed by atoms with Crippen LogP contribution in [-0.4, -0.2) is 45.5 Å². The van der Waals surface area contributed by atoms with Crippen LogP contribution in [-0.2, 0) is 22.6 Å². The summed E-state index contributed by atoms with van der Waals surface area (Å²) >= 11 is 0. The van der Waals surface area contributed by atoms with Gasteiger partial charge in [0.1, 0.15) is 6.61 Å². The number of hydrogen-bond acceptors (Lipinski definition) is 3. The Labute approximate surface area is 159 Å². The Hall–Kier alpha value is -1.80. The molecule has 27 heavy (non-hydrogen) atoms. The van der Waals surface area contributed by atoms with Crippen LogP contribution in [0.5, 0.6) is 0 Å². The largest absolute Gasteiger partial charge is 0.411 e. The van der Waals surface area contributed by atoms with Gasteiger partial charge < -0.3 is 20.1 Å². The molecule has 0 bridgehead atoms. The lowest BCUT2D eigenvalue weighted by Crippen LogP contribution is -2.45. The molecule has 0 aromatic heterocycles. The van der Waals surface area contributed by atoms with Crippen molar-refractivity contribution in [3.05, 3.63) is 35.4 Å². The summed E-state index contributed by atoms with van der Waals surface area (Å²) in [6.07, 6.45) is -4.30. The average Bonchev–Trinajstić information content (AvgIpc) is 2.56. The fourth-order valence-electron chi connectivity index (χ4n) is 2.45. The minimum Gasteiger partial charge on any atom is -0.379 e. The van der Waals surface area contributed by atoms with Crippen LogP contribution in [0, 0.1) is 5.41 Å². The molecule has 0 aliphatic heterocycles. The highest BCUT2D eigenvalue weighted by atomic mass is 19.4. The minimum absolute atomic E-state index is 0.00858. The number of nitrogens with one attached hydrogen (secondary N) is 2. The van der Waals surface area contributed by atoms with Crippen LogP contribution in [0.25, 0.3) is 0 Å². The van der Waals surface area contributed by atoms with E-state index in [9.17, 15) is 13.2 Å². The van der Waals surface area contributed by atoms with Gasteiger partial charge in [-0.15, -0.1) is 0 Å². The Kier molecular flexibility index (Phi) is 9.05. The van der Waals surface area contributed by atoms with Crippen LogP contribution in [0.3, 0.4) is 0 Å². The third kappa shape index (κ3) is 9.63. The Balaban J connectivity index is 2.52. The van der Waals surface area contributed by atoms with Crippen LogP contribution in [0.15, 0.2) is 29.3 Å². The number of nitrogens with zero attached hydrogens (tertiary/aromatic N) is 1. The van der Waals surface area contributed by atoms with Crippen molar-refractivity contribution >= 4 is 5.96 Å². The molecule has 0 spiro atoms. The molecule has 0 radical (unpaired) electrons. The van der Waals surface area contributed by atoms with Gasteiger partial charge in [0.2, 0.25) is 0 Å². The molecule has 0 amide bonds. The molecule has 0 saturated heterocycles. The lowest BCUT2D eigenvalue weighted by atomic mass is 9.89. The second-order valence-electron chi connectivity index (χ2n) is 7.32. The number of benzene rings is 1. The summed E-state index contributed by atoms with van der Waals surface area (Å²) < 4.78 is 46.7. The molecular weight excluding hydrogens is 359 g/mol. The number of rotatable bonds is 8. The summed E-state index contributed by atoms with van der Waals surface area (Å²) in [6, 6.07) is 7.23. The Morgan fingerprint density at radius 2 is 1.81 bits per heavy atom. The van der Waals surface area contributed by atoms with E-state index in [1.54, 1.807) is 26.3 Å². The Morgan fingerprint density at radius 3 is 2.37 bits per heavy atom.